The maximum Gasteiger partial charge on any atom is 0.325 e. The van der Waals surface area contributed by atoms with Gasteiger partial charge in [-0.25, -0.2) is 70.0 Å². The molecule has 0 saturated heterocycles. The molecule has 36 heteroatoms. The molecule has 0 bridgehead atoms. The fraction of sp³-hybridized carbons (Fsp3) is 0.268. The van der Waals surface area contributed by atoms with Gasteiger partial charge >= 0.3 is 6.01 Å². The highest BCUT2D eigenvalue weighted by atomic mass is 32.1. The lowest BCUT2D eigenvalue weighted by atomic mass is 10.0. The maximum absolute atomic E-state index is 13.7. The predicted octanol–water partition coefficient (Wildman–Crippen LogP) is 23.1. The highest BCUT2D eigenvalue weighted by Crippen LogP contribution is 2.39. The summed E-state index contributed by atoms with van der Waals surface area (Å²) in [5, 5.41) is 21.7. The number of halogens is 8. The molecule has 12 aromatic heterocycles. The monoisotopic (exact) mass is 2020 g/mol. The quantitative estimate of drug-likeness (QED) is 0.0220. The first-order valence-corrected chi connectivity index (χ1v) is 49.9. The van der Waals surface area contributed by atoms with Gasteiger partial charge in [0.05, 0.1) is 75.6 Å². The van der Waals surface area contributed by atoms with E-state index in [-0.39, 0.29) is 79.5 Å². The number of carbonyl (C=O) groups is 4. The summed E-state index contributed by atoms with van der Waals surface area (Å²) in [6.45, 7) is 18.2. The van der Waals surface area contributed by atoms with E-state index in [9.17, 15) is 54.3 Å². The molecule has 148 heavy (non-hydrogen) atoms. The highest BCUT2D eigenvalue weighted by Gasteiger charge is 2.34. The van der Waals surface area contributed by atoms with Gasteiger partial charge in [0.1, 0.15) is 33.8 Å². The fourth-order valence-electron chi connectivity index (χ4n) is 18.7. The van der Waals surface area contributed by atoms with Crippen LogP contribution in [0, 0.1) is 46.5 Å². The number of hydrogen-bond donors (Lipinski definition) is 6. The lowest BCUT2D eigenvalue weighted by Gasteiger charge is -2.15. The van der Waals surface area contributed by atoms with E-state index in [4.69, 9.17) is 24.7 Å². The van der Waals surface area contributed by atoms with E-state index < -0.39 is 46.5 Å². The van der Waals surface area contributed by atoms with Crippen LogP contribution in [0.25, 0.3) is 55.8 Å². The van der Waals surface area contributed by atoms with Gasteiger partial charge in [0.2, 0.25) is 5.95 Å². The van der Waals surface area contributed by atoms with Gasteiger partial charge in [0.15, 0.2) is 57.8 Å². The molecule has 6 N–H and O–H groups in total. The minimum Gasteiger partial charge on any atom is -0.395 e. The van der Waals surface area contributed by atoms with E-state index in [0.717, 1.165) is 120 Å². The highest BCUT2D eigenvalue weighted by molar-refractivity contribution is 7.11. The zero-order valence-corrected chi connectivity index (χ0v) is 83.3. The van der Waals surface area contributed by atoms with Crippen LogP contribution in [0.5, 0.6) is 11.2 Å². The van der Waals surface area contributed by atoms with Gasteiger partial charge in [-0.05, 0) is 168 Å². The molecule has 0 unspecified atom stereocenters. The average molecular weight is 2030 g/mol. The molecule has 0 spiro atoms. The van der Waals surface area contributed by atoms with Crippen LogP contribution in [0.2, 0.25) is 0 Å². The first kappa shape index (κ1) is 103. The first-order valence-electron chi connectivity index (χ1n) is 49.0. The number of rotatable bonds is 31. The van der Waals surface area contributed by atoms with Crippen molar-refractivity contribution in [2.75, 3.05) is 10.6 Å². The number of aromatic nitrogens is 16. The number of carbonyl (C=O) groups excluding carboxylic acids is 4. The van der Waals surface area contributed by atoms with Gasteiger partial charge < -0.3 is 54.9 Å². The normalized spacial score (nSPS) is 12.6. The largest absolute Gasteiger partial charge is 0.395 e. The molecule has 0 atom stereocenters. The Kier molecular flexibility index (Phi) is 32.9. The number of nitrogens with zero attached hydrogens (tertiary/aromatic N) is 16. The Morgan fingerprint density at radius 2 is 0.730 bits per heavy atom. The summed E-state index contributed by atoms with van der Waals surface area (Å²) < 4.78 is 122. The van der Waals surface area contributed by atoms with Crippen molar-refractivity contribution in [2.45, 2.75) is 195 Å². The zero-order chi connectivity index (χ0) is 104. The van der Waals surface area contributed by atoms with Crippen LogP contribution in [0.4, 0.5) is 46.9 Å². The number of hydrogen-bond acceptors (Lipinski definition) is 20. The molecule has 2 aliphatic carbocycles. The third-order valence-corrected chi connectivity index (χ3v) is 26.1. The van der Waals surface area contributed by atoms with Crippen molar-refractivity contribution in [3.63, 3.8) is 0 Å². The summed E-state index contributed by atoms with van der Waals surface area (Å²) in [6.07, 6.45) is 22.5. The Labute approximate surface area is 852 Å². The molecule has 12 heterocycles. The van der Waals surface area contributed by atoms with Gasteiger partial charge in [0, 0.05) is 117 Å². The number of ether oxygens (including phenoxy) is 1. The lowest BCUT2D eigenvalue weighted by molar-refractivity contribution is 0.0942. The Morgan fingerprint density at radius 3 is 1.14 bits per heavy atom. The summed E-state index contributed by atoms with van der Waals surface area (Å²) in [5.41, 5.74) is 15.2. The van der Waals surface area contributed by atoms with Crippen LogP contribution in [-0.2, 0) is 52.4 Å². The summed E-state index contributed by atoms with van der Waals surface area (Å²) in [5.74, 6) is -7.75. The molecule has 18 aromatic rings. The van der Waals surface area contributed by atoms with Crippen molar-refractivity contribution in [1.29, 1.82) is 0 Å². The average Bonchev–Trinajstić information content (AvgIpc) is 1.61. The van der Waals surface area contributed by atoms with Gasteiger partial charge in [-0.3, -0.25) is 34.1 Å². The molecule has 20 rings (SSSR count). The van der Waals surface area contributed by atoms with Gasteiger partial charge in [-0.2, -0.15) is 9.97 Å². The summed E-state index contributed by atoms with van der Waals surface area (Å²) in [7, 11) is 0. The van der Waals surface area contributed by atoms with Crippen LogP contribution in [0.15, 0.2) is 243 Å². The Hall–Kier alpha value is -16.4. The molecule has 0 radical (unpaired) electrons. The molecule has 6 aromatic carbocycles. The molecule has 27 nitrogen and oxygen atoms in total. The van der Waals surface area contributed by atoms with Crippen LogP contribution < -0.4 is 36.6 Å². The van der Waals surface area contributed by atoms with E-state index in [1.807, 2.05) is 184 Å². The second-order valence-electron chi connectivity index (χ2n) is 37.4. The Bertz CT molecular complexity index is 7550. The van der Waals surface area contributed by atoms with Gasteiger partial charge in [-0.1, -0.05) is 196 Å². The van der Waals surface area contributed by atoms with Crippen LogP contribution in [0.3, 0.4) is 0 Å². The van der Waals surface area contributed by atoms with E-state index in [1.54, 1.807) is 55.0 Å². The SMILES string of the molecule is CC(C)c1c(C(=O)NCc2ccc(F)c(F)c2)c2cnc(NC3CCCC3)nc2n1Cc1ccccn1.CC(C)c1c(C(=O)NCc2ccc(F)c(F)c2)c2cnc(Oc3nccs3)nc2n1Cc1ccccn1.CC(C)c1c(C(=O)NCc2ccc(F)c(F)c2)c2ncc(-c3ccccn3)nc2n1Cc1ccccc1.CC(C)c1c(C(=O)NCc2ccc(F)c(F)c2)c2ncc(NC3CCCC3)nc2n1Cc1ccccc1. The van der Waals surface area contributed by atoms with E-state index in [0.29, 0.717) is 156 Å². The molecule has 758 valence electrons. The number of benzene rings is 6. The molecular weight excluding hydrogens is 1920 g/mol. The minimum absolute atomic E-state index is 0.00632. The van der Waals surface area contributed by atoms with Crippen molar-refractivity contribution >= 4 is 91.1 Å². The number of amides is 4. The standard InChI is InChI=1S/C29H25F2N5O.C29H31F2N5O.C28H30F2N6O.C26H22F2N6O2S/c1-18(2)27-25(29(37)34-15-20-11-12-21(30)22(31)14-20)26-28(36(27)17-19-8-4-3-5-9-19)35-24(16-33-26)23-10-6-7-13-32-23;1-18(2)27-25(29(37)33-15-20-12-13-22(30)23(31)14-20)26-28(36(27)17-19-8-4-3-5-9-19)35-24(16-32-26)34-21-10-6-7-11-21;1-17(2)25-24(27(37)32-14-18-10-11-22(29)23(30)13-18)21-15-33-28(34-19-7-3-4-8-19)35-26(21)36(25)16-20-9-5-6-12-31-20;1-15(2)22-21(24(35)31-12-16-6-7-19(27)20(28)11-16)18-13-32-25(36-26-30-9-10-37-26)33-23(18)34(22)14-17-5-3-4-8-29-17/h3-14,16,18H,15,17H2,1-2H3,(H,34,37);3-5,8-9,12-14,16,18,21H,6-7,10-11,15,17H2,1-2H3,(H,33,37)(H,34,35);5-6,9-13,15,17,19H,3-4,7-8,14,16H2,1-2H3,(H,32,37)(H,33,34,35);3-11,13,15H,12,14H2,1-2H3,(H,31,35). The van der Waals surface area contributed by atoms with Crippen molar-refractivity contribution in [3.8, 4) is 22.6 Å². The van der Waals surface area contributed by atoms with E-state index in [1.165, 1.54) is 61.3 Å². The topological polar surface area (TPSA) is 324 Å². The van der Waals surface area contributed by atoms with Crippen molar-refractivity contribution in [1.82, 2.24) is 99.3 Å². The van der Waals surface area contributed by atoms with Crippen LogP contribution in [-0.4, -0.2) is 114 Å². The maximum atomic E-state index is 13.7. The Morgan fingerprint density at radius 1 is 0.345 bits per heavy atom. The second-order valence-corrected chi connectivity index (χ2v) is 38.2. The number of pyridine rings is 3. The van der Waals surface area contributed by atoms with Crippen molar-refractivity contribution in [3.05, 3.63) is 379 Å². The molecule has 2 fully saturated rings. The van der Waals surface area contributed by atoms with Crippen molar-refractivity contribution in [2.24, 2.45) is 0 Å². The molecule has 2 saturated carbocycles. The first-order chi connectivity index (χ1) is 71.6. The zero-order valence-electron chi connectivity index (χ0n) is 82.5. The van der Waals surface area contributed by atoms with Gasteiger partial charge in [-0.15, -0.1) is 0 Å². The minimum atomic E-state index is -0.970. The predicted molar refractivity (Wildman–Crippen MR) is 552 cm³/mol. The summed E-state index contributed by atoms with van der Waals surface area (Å²) in [6, 6.07) is 52.1. The lowest BCUT2D eigenvalue weighted by Crippen LogP contribution is -2.24. The second kappa shape index (κ2) is 47.2. The third-order valence-electron chi connectivity index (χ3n) is 25.5. The summed E-state index contributed by atoms with van der Waals surface area (Å²) >= 11 is 1.31. The van der Waals surface area contributed by atoms with E-state index >= 15 is 0 Å². The third kappa shape index (κ3) is 24.4. The van der Waals surface area contributed by atoms with Gasteiger partial charge in [0.25, 0.3) is 28.8 Å². The number of nitrogens with one attached hydrogen (secondary N) is 6. The number of fused-ring (bicyclic) bond motifs is 4. The molecule has 2 aliphatic rings. The molecular formula is C112H108F8N22O5S. The number of thiazole rings is 1. The summed E-state index contributed by atoms with van der Waals surface area (Å²) in [4.78, 5) is 109. The Balaban J connectivity index is 0.000000135. The molecule has 4 amide bonds. The smallest absolute Gasteiger partial charge is 0.325 e. The van der Waals surface area contributed by atoms with Crippen LogP contribution >= 0.6 is 11.3 Å². The fourth-order valence-corrected chi connectivity index (χ4v) is 19.2. The van der Waals surface area contributed by atoms with Crippen LogP contribution in [0.1, 0.15) is 239 Å². The van der Waals surface area contributed by atoms with Crippen molar-refractivity contribution < 1.29 is 59.0 Å². The van der Waals surface area contributed by atoms with E-state index in [2.05, 4.69) is 76.3 Å². The molecule has 0 aliphatic heterocycles. The number of anilines is 2.